The van der Waals surface area contributed by atoms with Crippen LogP contribution in [0.2, 0.25) is 0 Å². The second-order valence-corrected chi connectivity index (χ2v) is 10.6. The zero-order valence-electron chi connectivity index (χ0n) is 19.3. The van der Waals surface area contributed by atoms with E-state index in [0.29, 0.717) is 11.1 Å². The minimum absolute atomic E-state index is 0.198. The predicted molar refractivity (Wildman–Crippen MR) is 126 cm³/mol. The van der Waals surface area contributed by atoms with Crippen LogP contribution < -0.4 is 0 Å². The zero-order valence-corrected chi connectivity index (χ0v) is 19.3. The summed E-state index contributed by atoms with van der Waals surface area (Å²) in [6.45, 7) is 5.49. The summed E-state index contributed by atoms with van der Waals surface area (Å²) in [6, 6.07) is 3.56. The van der Waals surface area contributed by atoms with E-state index in [2.05, 4.69) is 18.7 Å². The topological polar surface area (TPSA) is 0 Å². The van der Waals surface area contributed by atoms with Crippen molar-refractivity contribution in [2.45, 2.75) is 89.9 Å². The highest BCUT2D eigenvalue weighted by Crippen LogP contribution is 2.46. The van der Waals surface area contributed by atoms with E-state index >= 15 is 0 Å². The van der Waals surface area contributed by atoms with Gasteiger partial charge < -0.3 is 0 Å². The Bertz CT molecular complexity index is 763. The van der Waals surface area contributed by atoms with Gasteiger partial charge in [-0.2, -0.15) is 0 Å². The molecule has 0 heterocycles. The molecule has 0 radical (unpaired) electrons. The van der Waals surface area contributed by atoms with Crippen molar-refractivity contribution in [2.24, 2.45) is 29.6 Å². The maximum atomic E-state index is 14.4. The van der Waals surface area contributed by atoms with Crippen LogP contribution in [-0.2, 0) is 0 Å². The lowest BCUT2D eigenvalue weighted by molar-refractivity contribution is 0.138. The van der Waals surface area contributed by atoms with E-state index in [1.165, 1.54) is 57.8 Å². The Balaban J connectivity index is 1.24. The molecule has 0 saturated heterocycles. The van der Waals surface area contributed by atoms with Crippen molar-refractivity contribution in [3.63, 3.8) is 0 Å². The average molecular weight is 427 g/mol. The minimum atomic E-state index is -0.651. The summed E-state index contributed by atoms with van der Waals surface area (Å²) in [4.78, 5) is 0. The van der Waals surface area contributed by atoms with E-state index in [1.54, 1.807) is 13.0 Å². The molecule has 1 aromatic carbocycles. The standard InChI is InChI=1S/C29H40F2/c1-3-4-5-21-7-9-22(10-8-21)23-11-13-24(14-12-23)25-15-17-26(18-16-25)27-19-6-20(2)28(30)29(27)31/h3,6-7,9,19,21-26H,1,4-5,8,10-18H2,2H3. The van der Waals surface area contributed by atoms with Crippen LogP contribution >= 0.6 is 0 Å². The van der Waals surface area contributed by atoms with Gasteiger partial charge in [-0.1, -0.05) is 30.4 Å². The van der Waals surface area contributed by atoms with Gasteiger partial charge in [0, 0.05) is 0 Å². The van der Waals surface area contributed by atoms with Crippen molar-refractivity contribution in [3.05, 3.63) is 59.7 Å². The van der Waals surface area contributed by atoms with Gasteiger partial charge in [-0.25, -0.2) is 8.78 Å². The first kappa shape index (κ1) is 22.7. The monoisotopic (exact) mass is 426 g/mol. The lowest BCUT2D eigenvalue weighted by Gasteiger charge is -2.40. The highest BCUT2D eigenvalue weighted by Gasteiger charge is 2.34. The van der Waals surface area contributed by atoms with Crippen molar-refractivity contribution < 1.29 is 8.78 Å². The van der Waals surface area contributed by atoms with Gasteiger partial charge in [0.1, 0.15) is 0 Å². The first-order valence-corrected chi connectivity index (χ1v) is 12.8. The summed E-state index contributed by atoms with van der Waals surface area (Å²) >= 11 is 0. The molecule has 2 saturated carbocycles. The number of hydrogen-bond acceptors (Lipinski definition) is 0. The smallest absolute Gasteiger partial charge is 0.162 e. The molecule has 170 valence electrons. The largest absolute Gasteiger partial charge is 0.203 e. The van der Waals surface area contributed by atoms with Crippen LogP contribution in [0.5, 0.6) is 0 Å². The van der Waals surface area contributed by atoms with E-state index in [1.807, 2.05) is 12.1 Å². The van der Waals surface area contributed by atoms with Crippen LogP contribution in [-0.4, -0.2) is 0 Å². The third-order valence-corrected chi connectivity index (χ3v) is 8.85. The lowest BCUT2D eigenvalue weighted by atomic mass is 9.65. The van der Waals surface area contributed by atoms with Gasteiger partial charge in [0.05, 0.1) is 0 Å². The summed E-state index contributed by atoms with van der Waals surface area (Å²) in [5.41, 5.74) is 1.02. The lowest BCUT2D eigenvalue weighted by Crippen LogP contribution is -2.28. The second-order valence-electron chi connectivity index (χ2n) is 10.6. The predicted octanol–water partition coefficient (Wildman–Crippen LogP) is 8.90. The van der Waals surface area contributed by atoms with Gasteiger partial charge in [-0.05, 0) is 131 Å². The number of allylic oxidation sites excluding steroid dienone is 3. The first-order valence-electron chi connectivity index (χ1n) is 12.8. The molecule has 31 heavy (non-hydrogen) atoms. The first-order chi connectivity index (χ1) is 15.1. The van der Waals surface area contributed by atoms with Crippen molar-refractivity contribution in [1.82, 2.24) is 0 Å². The number of hydrogen-bond donors (Lipinski definition) is 0. The van der Waals surface area contributed by atoms with Gasteiger partial charge >= 0.3 is 0 Å². The summed E-state index contributed by atoms with van der Waals surface area (Å²) in [6.07, 6.45) is 22.1. The van der Waals surface area contributed by atoms with E-state index in [0.717, 1.165) is 48.9 Å². The molecule has 2 fully saturated rings. The van der Waals surface area contributed by atoms with Gasteiger partial charge in [0.15, 0.2) is 11.6 Å². The summed E-state index contributed by atoms with van der Waals surface area (Å²) in [5.74, 6) is 3.05. The molecule has 0 aliphatic heterocycles. The number of aryl methyl sites for hydroxylation is 1. The normalized spacial score (nSPS) is 33.9. The van der Waals surface area contributed by atoms with Crippen molar-refractivity contribution in [3.8, 4) is 0 Å². The quantitative estimate of drug-likeness (QED) is 0.398. The third-order valence-electron chi connectivity index (χ3n) is 8.85. The molecule has 2 heteroatoms. The molecule has 0 bridgehead atoms. The maximum Gasteiger partial charge on any atom is 0.162 e. The molecule has 4 rings (SSSR count). The van der Waals surface area contributed by atoms with E-state index in [-0.39, 0.29) is 5.92 Å². The fourth-order valence-electron chi connectivity index (χ4n) is 6.79. The molecule has 3 aliphatic rings. The molecule has 0 spiro atoms. The van der Waals surface area contributed by atoms with Gasteiger partial charge in [-0.3, -0.25) is 0 Å². The maximum absolute atomic E-state index is 14.4. The van der Waals surface area contributed by atoms with Crippen molar-refractivity contribution >= 4 is 0 Å². The molecule has 2 atom stereocenters. The Kier molecular flexibility index (Phi) is 7.67. The summed E-state index contributed by atoms with van der Waals surface area (Å²) in [7, 11) is 0. The SMILES string of the molecule is C=CCCC1C=CC(C2CCC(C3CCC(c4ccc(C)c(F)c4F)CC3)CC2)CC1. The fraction of sp³-hybridized carbons (Fsp3) is 0.655. The van der Waals surface area contributed by atoms with Crippen molar-refractivity contribution in [2.75, 3.05) is 0 Å². The number of halogens is 2. The van der Waals surface area contributed by atoms with Gasteiger partial charge in [0.2, 0.25) is 0 Å². The molecule has 2 unspecified atom stereocenters. The number of benzene rings is 1. The van der Waals surface area contributed by atoms with Crippen LogP contribution in [0.15, 0.2) is 36.9 Å². The third kappa shape index (κ3) is 5.32. The molecular weight excluding hydrogens is 386 g/mol. The van der Waals surface area contributed by atoms with Crippen LogP contribution in [0.4, 0.5) is 8.78 Å². The summed E-state index contributed by atoms with van der Waals surface area (Å²) < 4.78 is 28.4. The molecule has 0 N–H and O–H groups in total. The molecule has 0 aromatic heterocycles. The fourth-order valence-corrected chi connectivity index (χ4v) is 6.79. The highest BCUT2D eigenvalue weighted by molar-refractivity contribution is 5.28. The molecule has 3 aliphatic carbocycles. The van der Waals surface area contributed by atoms with Crippen LogP contribution in [0.25, 0.3) is 0 Å². The number of rotatable bonds is 6. The van der Waals surface area contributed by atoms with Crippen LogP contribution in [0.1, 0.15) is 94.1 Å². The van der Waals surface area contributed by atoms with E-state index in [4.69, 9.17) is 0 Å². The van der Waals surface area contributed by atoms with Gasteiger partial charge in [-0.15, -0.1) is 6.58 Å². The highest BCUT2D eigenvalue weighted by atomic mass is 19.2. The molecule has 1 aromatic rings. The minimum Gasteiger partial charge on any atom is -0.203 e. The Labute approximate surface area is 188 Å². The Morgan fingerprint density at radius 2 is 1.45 bits per heavy atom. The Morgan fingerprint density at radius 3 is 2.06 bits per heavy atom. The zero-order chi connectivity index (χ0) is 21.8. The second kappa shape index (κ2) is 10.5. The van der Waals surface area contributed by atoms with Crippen LogP contribution in [0, 0.1) is 48.1 Å². The Hall–Kier alpha value is -1.44. The molecular formula is C29H40F2. The van der Waals surface area contributed by atoms with Crippen LogP contribution in [0.3, 0.4) is 0 Å². The molecule has 0 amide bonds. The summed E-state index contributed by atoms with van der Waals surface area (Å²) in [5, 5.41) is 0. The van der Waals surface area contributed by atoms with E-state index < -0.39 is 11.6 Å². The van der Waals surface area contributed by atoms with Gasteiger partial charge in [0.25, 0.3) is 0 Å². The Morgan fingerprint density at radius 1 is 0.806 bits per heavy atom. The van der Waals surface area contributed by atoms with E-state index in [9.17, 15) is 8.78 Å². The van der Waals surface area contributed by atoms with Crippen molar-refractivity contribution in [1.29, 1.82) is 0 Å². The average Bonchev–Trinajstić information content (AvgIpc) is 2.82. The molecule has 0 nitrogen and oxygen atoms in total.